The molecule has 7 heteroatoms. The number of hydrogen-bond acceptors (Lipinski definition) is 3. The van der Waals surface area contributed by atoms with E-state index in [1.165, 1.54) is 0 Å². The van der Waals surface area contributed by atoms with Crippen molar-refractivity contribution in [1.82, 2.24) is 0 Å². The Balaban J connectivity index is 2.29. The zero-order valence-electron chi connectivity index (χ0n) is 9.98. The van der Waals surface area contributed by atoms with Gasteiger partial charge in [0.2, 0.25) is 0 Å². The maximum absolute atomic E-state index is 8.63. The number of ether oxygens (including phenoxy) is 1. The molecule has 0 heterocycles. The minimum absolute atomic E-state index is 0.0665. The molecular formula is C13H9BrCl2N2O2. The van der Waals surface area contributed by atoms with Gasteiger partial charge in [0.1, 0.15) is 11.5 Å². The van der Waals surface area contributed by atoms with Crippen LogP contribution in [-0.2, 0) is 0 Å². The standard InChI is InChI=1S/C13H9BrCl2N2O2/c14-7-1-4-12(11(16)5-7)20-8-2-3-9(10(15)6-8)13(17)18-19/h1-6,19H,(H2,17,18). The number of nitrogens with zero attached hydrogens (tertiary/aromatic N) is 1. The van der Waals surface area contributed by atoms with Crippen LogP contribution in [-0.4, -0.2) is 11.0 Å². The smallest absolute Gasteiger partial charge is 0.171 e. The zero-order chi connectivity index (χ0) is 14.7. The van der Waals surface area contributed by atoms with Crippen molar-refractivity contribution in [2.45, 2.75) is 0 Å². The van der Waals surface area contributed by atoms with Crippen molar-refractivity contribution in [3.63, 3.8) is 0 Å². The first-order valence-electron chi connectivity index (χ1n) is 5.41. The van der Waals surface area contributed by atoms with Gasteiger partial charge in [-0.25, -0.2) is 0 Å². The molecule has 0 aliphatic carbocycles. The van der Waals surface area contributed by atoms with Gasteiger partial charge < -0.3 is 15.7 Å². The van der Waals surface area contributed by atoms with Gasteiger partial charge in [0.25, 0.3) is 0 Å². The molecule has 0 spiro atoms. The van der Waals surface area contributed by atoms with Crippen molar-refractivity contribution in [1.29, 1.82) is 0 Å². The van der Waals surface area contributed by atoms with Crippen molar-refractivity contribution >= 4 is 45.0 Å². The lowest BCUT2D eigenvalue weighted by Gasteiger charge is -2.09. The average molecular weight is 376 g/mol. The minimum atomic E-state index is -0.0665. The van der Waals surface area contributed by atoms with Gasteiger partial charge in [0.15, 0.2) is 5.84 Å². The zero-order valence-corrected chi connectivity index (χ0v) is 13.1. The number of nitrogens with two attached hydrogens (primary N) is 1. The van der Waals surface area contributed by atoms with Crippen LogP contribution < -0.4 is 10.5 Å². The third kappa shape index (κ3) is 3.36. The molecule has 0 aromatic heterocycles. The number of halogens is 3. The lowest BCUT2D eigenvalue weighted by Crippen LogP contribution is -2.13. The molecule has 0 bridgehead atoms. The Morgan fingerprint density at radius 2 is 1.90 bits per heavy atom. The SMILES string of the molecule is NC(=NO)c1ccc(Oc2ccc(Br)cc2Cl)cc1Cl. The fourth-order valence-electron chi connectivity index (χ4n) is 1.51. The molecule has 20 heavy (non-hydrogen) atoms. The highest BCUT2D eigenvalue weighted by atomic mass is 79.9. The Kier molecular flexibility index (Phi) is 4.75. The molecule has 3 N–H and O–H groups in total. The summed E-state index contributed by atoms with van der Waals surface area (Å²) < 4.78 is 6.49. The molecule has 0 amide bonds. The summed E-state index contributed by atoms with van der Waals surface area (Å²) in [5, 5.41) is 12.3. The highest BCUT2D eigenvalue weighted by molar-refractivity contribution is 9.10. The first-order chi connectivity index (χ1) is 9.51. The van der Waals surface area contributed by atoms with Crippen molar-refractivity contribution in [2.24, 2.45) is 10.9 Å². The molecule has 2 aromatic carbocycles. The molecule has 2 aromatic rings. The molecule has 0 fully saturated rings. The van der Waals surface area contributed by atoms with E-state index in [0.29, 0.717) is 27.1 Å². The van der Waals surface area contributed by atoms with E-state index in [0.717, 1.165) is 4.47 Å². The van der Waals surface area contributed by atoms with E-state index in [9.17, 15) is 0 Å². The van der Waals surface area contributed by atoms with Crippen molar-refractivity contribution < 1.29 is 9.94 Å². The first kappa shape index (κ1) is 15.0. The number of rotatable bonds is 3. The Morgan fingerprint density at radius 1 is 1.15 bits per heavy atom. The number of oxime groups is 1. The van der Waals surface area contributed by atoms with E-state index in [1.54, 1.807) is 30.3 Å². The van der Waals surface area contributed by atoms with Crippen molar-refractivity contribution in [2.75, 3.05) is 0 Å². The van der Waals surface area contributed by atoms with Crippen LogP contribution in [0.4, 0.5) is 0 Å². The van der Waals surface area contributed by atoms with Gasteiger partial charge in [-0.15, -0.1) is 0 Å². The maximum atomic E-state index is 8.63. The van der Waals surface area contributed by atoms with Crippen LogP contribution in [0.3, 0.4) is 0 Å². The molecule has 0 saturated heterocycles. The maximum Gasteiger partial charge on any atom is 0.171 e. The molecule has 0 atom stereocenters. The first-order valence-corrected chi connectivity index (χ1v) is 6.96. The molecule has 4 nitrogen and oxygen atoms in total. The second-order valence-corrected chi connectivity index (χ2v) is 5.53. The van der Waals surface area contributed by atoms with Gasteiger partial charge in [0, 0.05) is 16.1 Å². The Bertz CT molecular complexity index is 677. The third-order valence-electron chi connectivity index (χ3n) is 2.45. The summed E-state index contributed by atoms with van der Waals surface area (Å²) in [6.45, 7) is 0. The van der Waals surface area contributed by atoms with E-state index in [4.69, 9.17) is 38.9 Å². The molecule has 0 unspecified atom stereocenters. The van der Waals surface area contributed by atoms with Gasteiger partial charge in [-0.2, -0.15) is 0 Å². The third-order valence-corrected chi connectivity index (χ3v) is 3.55. The largest absolute Gasteiger partial charge is 0.456 e. The fraction of sp³-hybridized carbons (Fsp3) is 0. The van der Waals surface area contributed by atoms with Gasteiger partial charge in [0.05, 0.1) is 10.0 Å². The quantitative estimate of drug-likeness (QED) is 0.355. The normalized spacial score (nSPS) is 11.4. The van der Waals surface area contributed by atoms with Gasteiger partial charge in [-0.05, 0) is 30.3 Å². The van der Waals surface area contributed by atoms with E-state index in [1.807, 2.05) is 6.07 Å². The van der Waals surface area contributed by atoms with E-state index in [2.05, 4.69) is 21.1 Å². The summed E-state index contributed by atoms with van der Waals surface area (Å²) >= 11 is 15.4. The van der Waals surface area contributed by atoms with Crippen molar-refractivity contribution in [3.05, 3.63) is 56.5 Å². The molecule has 0 aliphatic rings. The molecule has 104 valence electrons. The molecule has 2 rings (SSSR count). The summed E-state index contributed by atoms with van der Waals surface area (Å²) in [6, 6.07) is 10.1. The summed E-state index contributed by atoms with van der Waals surface area (Å²) in [5.41, 5.74) is 5.91. The second kappa shape index (κ2) is 6.35. The topological polar surface area (TPSA) is 67.8 Å². The summed E-state index contributed by atoms with van der Waals surface area (Å²) in [7, 11) is 0. The van der Waals surface area contributed by atoms with Crippen LogP contribution in [0.5, 0.6) is 11.5 Å². The number of benzene rings is 2. The summed E-state index contributed by atoms with van der Waals surface area (Å²) in [6.07, 6.45) is 0. The van der Waals surface area contributed by atoms with Crippen LogP contribution >= 0.6 is 39.1 Å². The summed E-state index contributed by atoms with van der Waals surface area (Å²) in [4.78, 5) is 0. The lowest BCUT2D eigenvalue weighted by atomic mass is 10.2. The second-order valence-electron chi connectivity index (χ2n) is 3.80. The molecule has 0 saturated carbocycles. The molecule has 0 aliphatic heterocycles. The van der Waals surface area contributed by atoms with Crippen LogP contribution in [0, 0.1) is 0 Å². The van der Waals surface area contributed by atoms with Crippen LogP contribution in [0.2, 0.25) is 10.0 Å². The van der Waals surface area contributed by atoms with Crippen molar-refractivity contribution in [3.8, 4) is 11.5 Å². The Morgan fingerprint density at radius 3 is 2.50 bits per heavy atom. The monoisotopic (exact) mass is 374 g/mol. The van der Waals surface area contributed by atoms with E-state index < -0.39 is 0 Å². The van der Waals surface area contributed by atoms with Crippen LogP contribution in [0.15, 0.2) is 46.0 Å². The Hall–Kier alpha value is -1.43. The van der Waals surface area contributed by atoms with Gasteiger partial charge in [-0.1, -0.05) is 44.3 Å². The van der Waals surface area contributed by atoms with E-state index >= 15 is 0 Å². The van der Waals surface area contributed by atoms with Gasteiger partial charge >= 0.3 is 0 Å². The number of hydrogen-bond donors (Lipinski definition) is 2. The highest BCUT2D eigenvalue weighted by Gasteiger charge is 2.09. The molecule has 0 radical (unpaired) electrons. The fourth-order valence-corrected chi connectivity index (χ4v) is 2.49. The van der Waals surface area contributed by atoms with Crippen LogP contribution in [0.25, 0.3) is 0 Å². The highest BCUT2D eigenvalue weighted by Crippen LogP contribution is 2.33. The summed E-state index contributed by atoms with van der Waals surface area (Å²) in [5.74, 6) is 0.930. The average Bonchev–Trinajstić information content (AvgIpc) is 2.41. The van der Waals surface area contributed by atoms with Crippen LogP contribution in [0.1, 0.15) is 5.56 Å². The van der Waals surface area contributed by atoms with Gasteiger partial charge in [-0.3, -0.25) is 0 Å². The minimum Gasteiger partial charge on any atom is -0.456 e. The Labute approximate surface area is 133 Å². The lowest BCUT2D eigenvalue weighted by molar-refractivity contribution is 0.318. The number of amidine groups is 1. The predicted molar refractivity (Wildman–Crippen MR) is 83.2 cm³/mol. The predicted octanol–water partition coefficient (Wildman–Crippen LogP) is 4.64. The molecular weight excluding hydrogens is 367 g/mol. The van der Waals surface area contributed by atoms with E-state index in [-0.39, 0.29) is 5.84 Å².